The predicted molar refractivity (Wildman–Crippen MR) is 111 cm³/mol. The van der Waals surface area contributed by atoms with E-state index in [1.54, 1.807) is 18.3 Å². The largest absolute Gasteiger partial charge is 0.478 e. The normalized spacial score (nSPS) is 10.7. The molecule has 0 bridgehead atoms. The summed E-state index contributed by atoms with van der Waals surface area (Å²) in [5.74, 6) is -0.998. The van der Waals surface area contributed by atoms with Gasteiger partial charge >= 0.3 is 5.97 Å². The molecule has 0 aliphatic heterocycles. The van der Waals surface area contributed by atoms with Gasteiger partial charge in [-0.3, -0.25) is 9.97 Å². The first kappa shape index (κ1) is 17.6. The molecule has 2 aromatic carbocycles. The maximum absolute atomic E-state index is 12.5. The zero-order chi connectivity index (χ0) is 19.5. The first-order valence-electron chi connectivity index (χ1n) is 8.97. The summed E-state index contributed by atoms with van der Waals surface area (Å²) in [6.07, 6.45) is 3.84. The van der Waals surface area contributed by atoms with Crippen LogP contribution in [-0.4, -0.2) is 21.0 Å². The van der Waals surface area contributed by atoms with Crippen molar-refractivity contribution >= 4 is 16.9 Å². The molecule has 0 fully saturated rings. The third-order valence-corrected chi connectivity index (χ3v) is 4.64. The molecule has 4 nitrogen and oxygen atoms in total. The average molecular weight is 366 g/mol. The smallest absolute Gasteiger partial charge is 0.337 e. The molecule has 0 aliphatic carbocycles. The van der Waals surface area contributed by atoms with Gasteiger partial charge in [-0.25, -0.2) is 4.79 Å². The lowest BCUT2D eigenvalue weighted by atomic mass is 9.91. The van der Waals surface area contributed by atoms with Crippen molar-refractivity contribution in [2.24, 2.45) is 0 Å². The molecule has 4 aromatic rings. The molecule has 0 spiro atoms. The number of carbonyl (C=O) groups is 1. The summed E-state index contributed by atoms with van der Waals surface area (Å²) in [6, 6.07) is 20.9. The average Bonchev–Trinajstić information content (AvgIpc) is 2.73. The van der Waals surface area contributed by atoms with Gasteiger partial charge in [0.05, 0.1) is 22.5 Å². The van der Waals surface area contributed by atoms with E-state index in [2.05, 4.69) is 11.6 Å². The quantitative estimate of drug-likeness (QED) is 0.481. The number of benzene rings is 2. The topological polar surface area (TPSA) is 63.1 Å². The zero-order valence-corrected chi connectivity index (χ0v) is 15.2. The van der Waals surface area contributed by atoms with Crippen molar-refractivity contribution in [2.45, 2.75) is 6.42 Å². The maximum atomic E-state index is 12.5. The van der Waals surface area contributed by atoms with E-state index in [0.717, 1.165) is 11.1 Å². The molecule has 0 radical (unpaired) electrons. The third-order valence-electron chi connectivity index (χ3n) is 4.64. The van der Waals surface area contributed by atoms with Gasteiger partial charge in [-0.1, -0.05) is 54.6 Å². The van der Waals surface area contributed by atoms with E-state index in [-0.39, 0.29) is 5.56 Å². The van der Waals surface area contributed by atoms with E-state index in [4.69, 9.17) is 4.98 Å². The second-order valence-electron chi connectivity index (χ2n) is 6.39. The Morgan fingerprint density at radius 3 is 2.46 bits per heavy atom. The van der Waals surface area contributed by atoms with E-state index in [1.165, 1.54) is 0 Å². The number of allylic oxidation sites excluding steroid dienone is 1. The SMILES string of the molecule is C=CCc1nc2cccc(-c3ccccc3)c2c(C(=O)O)c1-c1ccccn1. The van der Waals surface area contributed by atoms with Crippen LogP contribution in [0.2, 0.25) is 0 Å². The first-order valence-corrected chi connectivity index (χ1v) is 8.97. The fourth-order valence-electron chi connectivity index (χ4n) is 3.51. The molecule has 2 heterocycles. The summed E-state index contributed by atoms with van der Waals surface area (Å²) in [4.78, 5) is 21.7. The summed E-state index contributed by atoms with van der Waals surface area (Å²) in [6.45, 7) is 3.80. The van der Waals surface area contributed by atoms with Crippen molar-refractivity contribution < 1.29 is 9.90 Å². The lowest BCUT2D eigenvalue weighted by molar-refractivity contribution is 0.0699. The van der Waals surface area contributed by atoms with Crippen molar-refractivity contribution in [1.82, 2.24) is 9.97 Å². The lowest BCUT2D eigenvalue weighted by Crippen LogP contribution is -2.08. The van der Waals surface area contributed by atoms with Crippen LogP contribution in [0.3, 0.4) is 0 Å². The Morgan fingerprint density at radius 2 is 1.79 bits per heavy atom. The molecular weight excluding hydrogens is 348 g/mol. The van der Waals surface area contributed by atoms with Crippen LogP contribution in [0.4, 0.5) is 0 Å². The minimum absolute atomic E-state index is 0.222. The monoisotopic (exact) mass is 366 g/mol. The Hall–Kier alpha value is -3.79. The van der Waals surface area contributed by atoms with E-state index in [9.17, 15) is 9.90 Å². The fraction of sp³-hybridized carbons (Fsp3) is 0.0417. The van der Waals surface area contributed by atoms with Gasteiger partial charge in [0.1, 0.15) is 0 Å². The third kappa shape index (κ3) is 3.05. The number of rotatable bonds is 5. The van der Waals surface area contributed by atoms with Gasteiger partial charge in [-0.15, -0.1) is 6.58 Å². The molecule has 0 saturated carbocycles. The number of hydrogen-bond acceptors (Lipinski definition) is 3. The Balaban J connectivity index is 2.17. The van der Waals surface area contributed by atoms with Crippen molar-refractivity contribution in [1.29, 1.82) is 0 Å². The molecule has 2 aromatic heterocycles. The fourth-order valence-corrected chi connectivity index (χ4v) is 3.51. The molecule has 0 atom stereocenters. The van der Waals surface area contributed by atoms with Gasteiger partial charge < -0.3 is 5.11 Å². The number of hydrogen-bond donors (Lipinski definition) is 1. The number of carboxylic acid groups (broad SMARTS) is 1. The molecule has 4 rings (SSSR count). The maximum Gasteiger partial charge on any atom is 0.337 e. The molecule has 0 saturated heterocycles. The summed E-state index contributed by atoms with van der Waals surface area (Å²) in [5.41, 5.74) is 4.45. The van der Waals surface area contributed by atoms with Gasteiger partial charge in [0.25, 0.3) is 0 Å². The minimum atomic E-state index is -0.998. The zero-order valence-electron chi connectivity index (χ0n) is 15.2. The molecule has 136 valence electrons. The number of carboxylic acids is 1. The minimum Gasteiger partial charge on any atom is -0.478 e. The number of fused-ring (bicyclic) bond motifs is 1. The molecule has 0 unspecified atom stereocenters. The van der Waals surface area contributed by atoms with E-state index < -0.39 is 5.97 Å². The van der Waals surface area contributed by atoms with Crippen molar-refractivity contribution in [3.63, 3.8) is 0 Å². The van der Waals surface area contributed by atoms with Crippen molar-refractivity contribution in [2.75, 3.05) is 0 Å². The van der Waals surface area contributed by atoms with Gasteiger partial charge in [-0.2, -0.15) is 0 Å². The van der Waals surface area contributed by atoms with Crippen molar-refractivity contribution in [3.05, 3.63) is 96.8 Å². The number of aromatic nitrogens is 2. The molecular formula is C24H18N2O2. The summed E-state index contributed by atoms with van der Waals surface area (Å²) < 4.78 is 0. The summed E-state index contributed by atoms with van der Waals surface area (Å²) >= 11 is 0. The van der Waals surface area contributed by atoms with Gasteiger partial charge in [0.15, 0.2) is 0 Å². The molecule has 0 aliphatic rings. The highest BCUT2D eigenvalue weighted by Crippen LogP contribution is 2.37. The van der Waals surface area contributed by atoms with Gasteiger partial charge in [0, 0.05) is 23.6 Å². The number of pyridine rings is 2. The second kappa shape index (κ2) is 7.45. The van der Waals surface area contributed by atoms with E-state index >= 15 is 0 Å². The second-order valence-corrected chi connectivity index (χ2v) is 6.39. The number of aromatic carboxylic acids is 1. The summed E-state index contributed by atoms with van der Waals surface area (Å²) in [7, 11) is 0. The molecule has 1 N–H and O–H groups in total. The van der Waals surface area contributed by atoms with Crippen molar-refractivity contribution in [3.8, 4) is 22.4 Å². The highest BCUT2D eigenvalue weighted by molar-refractivity contribution is 6.13. The van der Waals surface area contributed by atoms with Crippen LogP contribution in [0.1, 0.15) is 16.1 Å². The van der Waals surface area contributed by atoms with Crippen LogP contribution in [0.25, 0.3) is 33.3 Å². The highest BCUT2D eigenvalue weighted by atomic mass is 16.4. The van der Waals surface area contributed by atoms with Crippen LogP contribution >= 0.6 is 0 Å². The van der Waals surface area contributed by atoms with Crippen LogP contribution in [0, 0.1) is 0 Å². The number of nitrogens with zero attached hydrogens (tertiary/aromatic N) is 2. The van der Waals surface area contributed by atoms with Gasteiger partial charge in [0.2, 0.25) is 0 Å². The standard InChI is InChI=1S/C24H18N2O2/c1-2-9-19-22(18-13-6-7-15-25-18)23(24(27)28)21-17(12-8-14-20(21)26-19)16-10-4-3-5-11-16/h2-8,10-15H,1,9H2,(H,27,28). The van der Waals surface area contributed by atoms with Crippen LogP contribution in [0.5, 0.6) is 0 Å². The Labute approximate surface area is 162 Å². The molecule has 4 heteroatoms. The molecule has 28 heavy (non-hydrogen) atoms. The van der Waals surface area contributed by atoms with Crippen LogP contribution in [-0.2, 0) is 6.42 Å². The first-order chi connectivity index (χ1) is 13.7. The van der Waals surface area contributed by atoms with E-state index in [0.29, 0.717) is 34.3 Å². The van der Waals surface area contributed by atoms with Crippen LogP contribution in [0.15, 0.2) is 85.6 Å². The van der Waals surface area contributed by atoms with Gasteiger partial charge in [-0.05, 0) is 29.3 Å². The Bertz CT molecular complexity index is 1170. The Morgan fingerprint density at radius 1 is 1.00 bits per heavy atom. The lowest BCUT2D eigenvalue weighted by Gasteiger charge is -2.16. The van der Waals surface area contributed by atoms with E-state index in [1.807, 2.05) is 60.7 Å². The predicted octanol–water partition coefficient (Wildman–Crippen LogP) is 5.39. The highest BCUT2D eigenvalue weighted by Gasteiger charge is 2.24. The molecule has 0 amide bonds. The Kier molecular flexibility index (Phi) is 4.68. The van der Waals surface area contributed by atoms with Crippen LogP contribution < -0.4 is 0 Å². The summed E-state index contributed by atoms with van der Waals surface area (Å²) in [5, 5.41) is 10.8.